The zero-order chi connectivity index (χ0) is 19.6. The van der Waals surface area contributed by atoms with Gasteiger partial charge in [-0.05, 0) is 5.56 Å². The molecule has 0 aliphatic heterocycles. The number of hydrogen-bond acceptors (Lipinski definition) is 7. The highest BCUT2D eigenvalue weighted by Crippen LogP contribution is 2.10. The quantitative estimate of drug-likeness (QED) is 0.602. The zero-order valence-electron chi connectivity index (χ0n) is 14.4. The molecule has 0 amide bonds. The molecule has 0 unspecified atom stereocenters. The molecule has 10 heteroatoms. The van der Waals surface area contributed by atoms with Crippen LogP contribution in [-0.2, 0) is 20.1 Å². The molecule has 2 heterocycles. The largest absolute Gasteiger partial charge is 0.384 e. The molecule has 1 aromatic carbocycles. The lowest BCUT2D eigenvalue weighted by Gasteiger charge is -2.14. The molecule has 0 atom stereocenters. The minimum atomic E-state index is -0.785. The lowest BCUT2D eigenvalue weighted by atomic mass is 10.1. The van der Waals surface area contributed by atoms with Crippen molar-refractivity contribution in [1.29, 1.82) is 5.26 Å². The van der Waals surface area contributed by atoms with Gasteiger partial charge in [0.25, 0.3) is 11.4 Å². The van der Waals surface area contributed by atoms with E-state index in [1.807, 2.05) is 18.2 Å². The van der Waals surface area contributed by atoms with Gasteiger partial charge in [-0.1, -0.05) is 30.3 Å². The summed E-state index contributed by atoms with van der Waals surface area (Å²) in [5.74, 6) is -0.945. The number of nitrogens with zero attached hydrogens (tertiary/aromatic N) is 6. The summed E-state index contributed by atoms with van der Waals surface area (Å²) in [6, 6.07) is 10.8. The Bertz CT molecular complexity index is 1170. The smallest absolute Gasteiger partial charge is 0.332 e. The number of nitriles is 1. The molecule has 0 fully saturated rings. The SMILES string of the molecule is Cn1c(=O)c(C(=O)Cn2cnc(C#N)n2)c(N)n(Cc2ccccc2)c1=O. The van der Waals surface area contributed by atoms with E-state index in [9.17, 15) is 14.4 Å². The molecule has 0 aliphatic carbocycles. The van der Waals surface area contributed by atoms with Crippen LogP contribution in [0.4, 0.5) is 5.82 Å². The summed E-state index contributed by atoms with van der Waals surface area (Å²) in [5, 5.41) is 12.5. The Morgan fingerprint density at radius 2 is 1.96 bits per heavy atom. The van der Waals surface area contributed by atoms with Crippen molar-refractivity contribution in [2.24, 2.45) is 7.05 Å². The summed E-state index contributed by atoms with van der Waals surface area (Å²) in [7, 11) is 1.28. The number of benzene rings is 1. The van der Waals surface area contributed by atoms with Gasteiger partial charge in [-0.3, -0.25) is 18.7 Å². The standard InChI is InChI=1S/C17H15N7O3/c1-22-16(26)14(12(25)9-23-10-20-13(7-18)21-23)15(19)24(17(22)27)8-11-5-3-2-4-6-11/h2-6,10H,8-9,19H2,1H3. The number of carbonyl (C=O) groups excluding carboxylic acids is 1. The number of nitrogens with two attached hydrogens (primary N) is 1. The fourth-order valence-electron chi connectivity index (χ4n) is 2.61. The van der Waals surface area contributed by atoms with E-state index in [0.717, 1.165) is 14.8 Å². The van der Waals surface area contributed by atoms with Crippen LogP contribution in [-0.4, -0.2) is 29.7 Å². The van der Waals surface area contributed by atoms with Crippen molar-refractivity contribution in [3.8, 4) is 6.07 Å². The molecule has 0 bridgehead atoms. The summed E-state index contributed by atoms with van der Waals surface area (Å²) >= 11 is 0. The van der Waals surface area contributed by atoms with Gasteiger partial charge in [0.1, 0.15) is 30.3 Å². The van der Waals surface area contributed by atoms with Crippen LogP contribution in [0, 0.1) is 11.3 Å². The van der Waals surface area contributed by atoms with E-state index < -0.39 is 17.0 Å². The van der Waals surface area contributed by atoms with Crippen molar-refractivity contribution in [3.05, 3.63) is 74.4 Å². The Kier molecular flexibility index (Phi) is 4.68. The van der Waals surface area contributed by atoms with Gasteiger partial charge in [0.2, 0.25) is 0 Å². The maximum Gasteiger partial charge on any atom is 0.332 e. The van der Waals surface area contributed by atoms with Crippen LogP contribution in [0.2, 0.25) is 0 Å². The predicted molar refractivity (Wildman–Crippen MR) is 95.0 cm³/mol. The number of nitrogen functional groups attached to an aromatic ring is 1. The van der Waals surface area contributed by atoms with Gasteiger partial charge in [0, 0.05) is 7.05 Å². The Morgan fingerprint density at radius 3 is 2.59 bits per heavy atom. The van der Waals surface area contributed by atoms with Crippen molar-refractivity contribution in [2.75, 3.05) is 5.73 Å². The number of hydrogen-bond donors (Lipinski definition) is 1. The van der Waals surface area contributed by atoms with Gasteiger partial charge in [-0.25, -0.2) is 14.5 Å². The minimum Gasteiger partial charge on any atom is -0.384 e. The highest BCUT2D eigenvalue weighted by Gasteiger charge is 2.22. The maximum atomic E-state index is 12.6. The summed E-state index contributed by atoms with van der Waals surface area (Å²) in [4.78, 5) is 41.3. The lowest BCUT2D eigenvalue weighted by Crippen LogP contribution is -2.43. The van der Waals surface area contributed by atoms with Crippen LogP contribution in [0.3, 0.4) is 0 Å². The van der Waals surface area contributed by atoms with E-state index in [2.05, 4.69) is 10.1 Å². The van der Waals surface area contributed by atoms with Gasteiger partial charge in [-0.2, -0.15) is 5.26 Å². The molecular weight excluding hydrogens is 350 g/mol. The van der Waals surface area contributed by atoms with Crippen LogP contribution in [0.25, 0.3) is 0 Å². The molecule has 0 radical (unpaired) electrons. The summed E-state index contributed by atoms with van der Waals surface area (Å²) in [6.45, 7) is -0.223. The molecule has 3 rings (SSSR count). The van der Waals surface area contributed by atoms with Crippen molar-refractivity contribution in [1.82, 2.24) is 23.9 Å². The molecule has 0 spiro atoms. The average molecular weight is 365 g/mol. The van der Waals surface area contributed by atoms with E-state index in [-0.39, 0.29) is 30.3 Å². The van der Waals surface area contributed by atoms with Crippen LogP contribution in [0.1, 0.15) is 21.7 Å². The Labute approximate surface area is 152 Å². The van der Waals surface area contributed by atoms with E-state index in [0.29, 0.717) is 0 Å². The van der Waals surface area contributed by atoms with Crippen molar-refractivity contribution >= 4 is 11.6 Å². The van der Waals surface area contributed by atoms with E-state index >= 15 is 0 Å². The first-order valence-corrected chi connectivity index (χ1v) is 7.88. The lowest BCUT2D eigenvalue weighted by molar-refractivity contribution is 0.0965. The fraction of sp³-hybridized carbons (Fsp3) is 0.176. The van der Waals surface area contributed by atoms with Gasteiger partial charge in [0.05, 0.1) is 6.54 Å². The predicted octanol–water partition coefficient (Wildman–Crippen LogP) is -0.476. The third-order valence-corrected chi connectivity index (χ3v) is 3.99. The number of rotatable bonds is 5. The number of ketones is 1. The molecule has 0 saturated carbocycles. The average Bonchev–Trinajstić information content (AvgIpc) is 3.12. The first-order chi connectivity index (χ1) is 12.9. The molecule has 2 aromatic heterocycles. The zero-order valence-corrected chi connectivity index (χ0v) is 14.4. The number of Topliss-reactive ketones (excluding diaryl/α,β-unsaturated/α-hetero) is 1. The molecule has 0 saturated heterocycles. The van der Waals surface area contributed by atoms with Crippen molar-refractivity contribution < 1.29 is 4.79 Å². The summed E-state index contributed by atoms with van der Waals surface area (Å²) < 4.78 is 3.15. The Hall–Kier alpha value is -4.00. The van der Waals surface area contributed by atoms with E-state index in [1.54, 1.807) is 18.2 Å². The van der Waals surface area contributed by atoms with Crippen LogP contribution in [0.5, 0.6) is 0 Å². The summed E-state index contributed by atoms with van der Waals surface area (Å²) in [6.07, 6.45) is 1.21. The maximum absolute atomic E-state index is 12.6. The topological polar surface area (TPSA) is 142 Å². The molecule has 27 heavy (non-hydrogen) atoms. The first kappa shape index (κ1) is 17.8. The molecule has 3 aromatic rings. The van der Waals surface area contributed by atoms with Gasteiger partial charge in [0.15, 0.2) is 5.78 Å². The second kappa shape index (κ2) is 7.09. The molecule has 2 N–H and O–H groups in total. The van der Waals surface area contributed by atoms with Gasteiger partial charge < -0.3 is 5.73 Å². The third-order valence-electron chi connectivity index (χ3n) is 3.99. The van der Waals surface area contributed by atoms with Crippen LogP contribution in [0.15, 0.2) is 46.2 Å². The van der Waals surface area contributed by atoms with Gasteiger partial charge >= 0.3 is 5.69 Å². The first-order valence-electron chi connectivity index (χ1n) is 7.88. The van der Waals surface area contributed by atoms with Gasteiger partial charge in [-0.15, -0.1) is 5.10 Å². The highest BCUT2D eigenvalue weighted by atomic mass is 16.2. The molecule has 0 aliphatic rings. The molecule has 136 valence electrons. The number of anilines is 1. The van der Waals surface area contributed by atoms with Crippen LogP contribution >= 0.6 is 0 Å². The summed E-state index contributed by atoms with van der Waals surface area (Å²) in [5.41, 5.74) is 5.10. The molecular formula is C17H15N7O3. The van der Waals surface area contributed by atoms with Crippen molar-refractivity contribution in [3.63, 3.8) is 0 Å². The van der Waals surface area contributed by atoms with Crippen LogP contribution < -0.4 is 17.0 Å². The van der Waals surface area contributed by atoms with E-state index in [1.165, 1.54) is 17.9 Å². The fourth-order valence-corrected chi connectivity index (χ4v) is 2.61. The second-order valence-corrected chi connectivity index (χ2v) is 5.78. The second-order valence-electron chi connectivity index (χ2n) is 5.78. The third kappa shape index (κ3) is 3.38. The normalized spacial score (nSPS) is 10.5. The highest BCUT2D eigenvalue weighted by molar-refractivity contribution is 5.99. The monoisotopic (exact) mass is 365 g/mol. The van der Waals surface area contributed by atoms with Crippen molar-refractivity contribution in [2.45, 2.75) is 13.1 Å². The molecule has 10 nitrogen and oxygen atoms in total. The van der Waals surface area contributed by atoms with E-state index in [4.69, 9.17) is 11.0 Å². The Morgan fingerprint density at radius 1 is 1.26 bits per heavy atom. The number of carbonyl (C=O) groups is 1. The minimum absolute atomic E-state index is 0.0993. The number of aromatic nitrogens is 5. The Balaban J connectivity index is 2.04.